The molecule has 1 aliphatic carbocycles. The molecule has 31 heavy (non-hydrogen) atoms. The zero-order valence-corrected chi connectivity index (χ0v) is 19.5. The van der Waals surface area contributed by atoms with Crippen molar-refractivity contribution in [1.82, 2.24) is 15.6 Å². The molecule has 0 aliphatic heterocycles. The van der Waals surface area contributed by atoms with Gasteiger partial charge in [0.05, 0.1) is 11.6 Å². The standard InChI is InChI=1S/C23H32ClN3O4/c1-22(2,3)31-21(29)27-18-12-14(23(4,5)30)6-8-17(18)26-20(28)19-11-13-10-15(24)7-9-16(13)25-19/h7,9-11,14,17-18,25,30H,6,8,12H2,1-5H3,(H,26,28)(H,27,29)/t14-,17-,18+/m0/s1. The van der Waals surface area contributed by atoms with Crippen LogP contribution in [-0.2, 0) is 4.74 Å². The third kappa shape index (κ3) is 6.14. The van der Waals surface area contributed by atoms with Crippen LogP contribution in [0.5, 0.6) is 0 Å². The van der Waals surface area contributed by atoms with Crippen LogP contribution in [-0.4, -0.2) is 45.4 Å². The van der Waals surface area contributed by atoms with Crippen molar-refractivity contribution in [3.8, 4) is 0 Å². The summed E-state index contributed by atoms with van der Waals surface area (Å²) in [5.41, 5.74) is -0.250. The van der Waals surface area contributed by atoms with Gasteiger partial charge in [0.1, 0.15) is 11.3 Å². The number of carbonyl (C=O) groups is 2. The number of amides is 2. The van der Waals surface area contributed by atoms with Crippen LogP contribution < -0.4 is 10.6 Å². The minimum Gasteiger partial charge on any atom is -0.444 e. The Morgan fingerprint density at radius 1 is 1.10 bits per heavy atom. The number of rotatable bonds is 4. The SMILES string of the molecule is CC(C)(C)OC(=O)N[C@@H]1C[C@@H](C(C)(C)O)CC[C@@H]1NC(=O)c1cc2cc(Cl)ccc2[nH]1. The number of aliphatic hydroxyl groups is 1. The van der Waals surface area contributed by atoms with Crippen LogP contribution in [0, 0.1) is 5.92 Å². The third-order valence-corrected chi connectivity index (χ3v) is 5.93. The average molecular weight is 450 g/mol. The molecular formula is C23H32ClN3O4. The van der Waals surface area contributed by atoms with Crippen LogP contribution in [0.15, 0.2) is 24.3 Å². The normalized spacial score (nSPS) is 22.2. The Balaban J connectivity index is 1.75. The second-order valence-electron chi connectivity index (χ2n) is 9.91. The number of nitrogens with one attached hydrogen (secondary N) is 3. The van der Waals surface area contributed by atoms with Gasteiger partial charge in [-0.3, -0.25) is 4.79 Å². The molecule has 4 N–H and O–H groups in total. The largest absolute Gasteiger partial charge is 0.444 e. The summed E-state index contributed by atoms with van der Waals surface area (Å²) in [5, 5.41) is 17.9. The zero-order chi connectivity index (χ0) is 23.0. The Morgan fingerprint density at radius 3 is 2.45 bits per heavy atom. The number of aromatic amines is 1. The second kappa shape index (κ2) is 8.71. The van der Waals surface area contributed by atoms with Gasteiger partial charge in [-0.1, -0.05) is 11.6 Å². The van der Waals surface area contributed by atoms with E-state index in [4.69, 9.17) is 16.3 Å². The fourth-order valence-corrected chi connectivity index (χ4v) is 4.26. The molecule has 2 amide bonds. The van der Waals surface area contributed by atoms with Gasteiger partial charge < -0.3 is 25.5 Å². The number of halogens is 1. The van der Waals surface area contributed by atoms with Gasteiger partial charge in [-0.15, -0.1) is 0 Å². The van der Waals surface area contributed by atoms with Gasteiger partial charge in [-0.2, -0.15) is 0 Å². The van der Waals surface area contributed by atoms with Gasteiger partial charge >= 0.3 is 6.09 Å². The zero-order valence-electron chi connectivity index (χ0n) is 18.7. The third-order valence-electron chi connectivity index (χ3n) is 5.70. The number of aromatic nitrogens is 1. The van der Waals surface area contributed by atoms with Crippen LogP contribution >= 0.6 is 11.6 Å². The van der Waals surface area contributed by atoms with Crippen molar-refractivity contribution >= 4 is 34.5 Å². The molecule has 0 saturated heterocycles. The molecule has 2 aromatic rings. The summed E-state index contributed by atoms with van der Waals surface area (Å²) in [6, 6.07) is 6.51. The van der Waals surface area contributed by atoms with E-state index in [0.717, 1.165) is 17.3 Å². The van der Waals surface area contributed by atoms with Crippen molar-refractivity contribution in [1.29, 1.82) is 0 Å². The number of H-pyrrole nitrogens is 1. The fraction of sp³-hybridized carbons (Fsp3) is 0.565. The highest BCUT2D eigenvalue weighted by Gasteiger charge is 2.39. The number of alkyl carbamates (subject to hydrolysis) is 1. The van der Waals surface area contributed by atoms with E-state index in [-0.39, 0.29) is 23.9 Å². The maximum absolute atomic E-state index is 12.9. The molecule has 1 aliphatic rings. The fourth-order valence-electron chi connectivity index (χ4n) is 4.08. The lowest BCUT2D eigenvalue weighted by atomic mass is 9.74. The molecule has 7 nitrogen and oxygen atoms in total. The summed E-state index contributed by atoms with van der Waals surface area (Å²) in [6.45, 7) is 8.95. The van der Waals surface area contributed by atoms with E-state index in [1.54, 1.807) is 52.8 Å². The monoisotopic (exact) mass is 449 g/mol. The Morgan fingerprint density at radius 2 is 1.81 bits per heavy atom. The Bertz CT molecular complexity index is 958. The van der Waals surface area contributed by atoms with Crippen molar-refractivity contribution in [3.05, 3.63) is 35.0 Å². The van der Waals surface area contributed by atoms with Gasteiger partial charge in [-0.25, -0.2) is 4.79 Å². The molecule has 8 heteroatoms. The molecule has 0 radical (unpaired) electrons. The second-order valence-corrected chi connectivity index (χ2v) is 10.3. The molecule has 0 unspecified atom stereocenters. The first-order valence-electron chi connectivity index (χ1n) is 10.6. The number of fused-ring (bicyclic) bond motifs is 1. The predicted octanol–water partition coefficient (Wildman–Crippen LogP) is 4.38. The minimum atomic E-state index is -0.876. The van der Waals surface area contributed by atoms with Crippen molar-refractivity contribution in [2.24, 2.45) is 5.92 Å². The number of ether oxygens (including phenoxy) is 1. The molecule has 0 bridgehead atoms. The summed E-state index contributed by atoms with van der Waals surface area (Å²) >= 11 is 6.04. The lowest BCUT2D eigenvalue weighted by molar-refractivity contribution is -0.0119. The van der Waals surface area contributed by atoms with Crippen molar-refractivity contribution in [2.45, 2.75) is 77.2 Å². The number of hydrogen-bond acceptors (Lipinski definition) is 4. The molecule has 1 aromatic heterocycles. The molecule has 1 aromatic carbocycles. The van der Waals surface area contributed by atoms with Gasteiger partial charge in [0, 0.05) is 22.0 Å². The quantitative estimate of drug-likeness (QED) is 0.555. The van der Waals surface area contributed by atoms with Gasteiger partial charge in [0.15, 0.2) is 0 Å². The summed E-state index contributed by atoms with van der Waals surface area (Å²) < 4.78 is 5.41. The first kappa shape index (κ1) is 23.4. The number of hydrogen-bond donors (Lipinski definition) is 4. The van der Waals surface area contributed by atoms with Crippen LogP contribution in [0.2, 0.25) is 5.02 Å². The van der Waals surface area contributed by atoms with Crippen LogP contribution in [0.25, 0.3) is 10.9 Å². The molecule has 1 saturated carbocycles. The lowest BCUT2D eigenvalue weighted by Crippen LogP contribution is -2.57. The van der Waals surface area contributed by atoms with Gasteiger partial charge in [0.25, 0.3) is 5.91 Å². The highest BCUT2D eigenvalue weighted by Crippen LogP contribution is 2.33. The van der Waals surface area contributed by atoms with Crippen molar-refractivity contribution in [2.75, 3.05) is 0 Å². The Hall–Kier alpha value is -2.25. The van der Waals surface area contributed by atoms with E-state index in [1.807, 2.05) is 6.07 Å². The summed E-state index contributed by atoms with van der Waals surface area (Å²) in [4.78, 5) is 28.5. The summed E-state index contributed by atoms with van der Waals surface area (Å²) in [6.07, 6.45) is 1.38. The highest BCUT2D eigenvalue weighted by atomic mass is 35.5. The number of benzene rings is 1. The molecule has 3 atom stereocenters. The molecule has 0 spiro atoms. The maximum Gasteiger partial charge on any atom is 0.407 e. The minimum absolute atomic E-state index is 0.00388. The van der Waals surface area contributed by atoms with E-state index < -0.39 is 17.3 Å². The van der Waals surface area contributed by atoms with Gasteiger partial charge in [0.2, 0.25) is 0 Å². The first-order chi connectivity index (χ1) is 14.3. The first-order valence-corrected chi connectivity index (χ1v) is 11.0. The van der Waals surface area contributed by atoms with E-state index in [0.29, 0.717) is 23.6 Å². The van der Waals surface area contributed by atoms with Crippen LogP contribution in [0.4, 0.5) is 4.79 Å². The smallest absolute Gasteiger partial charge is 0.407 e. The predicted molar refractivity (Wildman–Crippen MR) is 121 cm³/mol. The van der Waals surface area contributed by atoms with E-state index >= 15 is 0 Å². The van der Waals surface area contributed by atoms with Crippen LogP contribution in [0.1, 0.15) is 64.4 Å². The highest BCUT2D eigenvalue weighted by molar-refractivity contribution is 6.31. The van der Waals surface area contributed by atoms with Crippen molar-refractivity contribution in [3.63, 3.8) is 0 Å². The average Bonchev–Trinajstić information content (AvgIpc) is 3.03. The van der Waals surface area contributed by atoms with E-state index in [1.165, 1.54) is 0 Å². The molecule has 170 valence electrons. The van der Waals surface area contributed by atoms with Crippen molar-refractivity contribution < 1.29 is 19.4 Å². The van der Waals surface area contributed by atoms with E-state index in [2.05, 4.69) is 15.6 Å². The molecule has 3 rings (SSSR count). The Labute approximate surface area is 187 Å². The van der Waals surface area contributed by atoms with Gasteiger partial charge in [-0.05, 0) is 84.1 Å². The molecule has 1 fully saturated rings. The molecule has 1 heterocycles. The Kier molecular flexibility index (Phi) is 6.58. The summed E-state index contributed by atoms with van der Waals surface area (Å²) in [7, 11) is 0. The lowest BCUT2D eigenvalue weighted by Gasteiger charge is -2.41. The number of carbonyl (C=O) groups excluding carboxylic acids is 2. The topological polar surface area (TPSA) is 103 Å². The maximum atomic E-state index is 12.9. The summed E-state index contributed by atoms with van der Waals surface area (Å²) in [5.74, 6) is -0.258. The van der Waals surface area contributed by atoms with E-state index in [9.17, 15) is 14.7 Å². The molecular weight excluding hydrogens is 418 g/mol. The van der Waals surface area contributed by atoms with Crippen LogP contribution in [0.3, 0.4) is 0 Å².